The Kier molecular flexibility index (Phi) is 3.38. The number of hydrogen-bond donors (Lipinski definition) is 1. The van der Waals surface area contributed by atoms with Crippen LogP contribution in [0.2, 0.25) is 0 Å². The fourth-order valence-corrected chi connectivity index (χ4v) is 1.36. The summed E-state index contributed by atoms with van der Waals surface area (Å²) in [6.45, 7) is -0.226. The predicted molar refractivity (Wildman–Crippen MR) is 61.3 cm³/mol. The quantitative estimate of drug-likeness (QED) is 0.819. The molecule has 92 valence electrons. The normalized spacial score (nSPS) is 10.0. The first-order valence-corrected chi connectivity index (χ1v) is 5.16. The number of imidazole rings is 1. The number of esters is 1. The van der Waals surface area contributed by atoms with Crippen LogP contribution in [0.5, 0.6) is 5.88 Å². The molecule has 2 rings (SSSR count). The van der Waals surface area contributed by atoms with E-state index in [-0.39, 0.29) is 12.4 Å². The molecule has 0 radical (unpaired) electrons. The molecule has 1 aromatic carbocycles. The van der Waals surface area contributed by atoms with Crippen LogP contribution < -0.4 is 4.74 Å². The van der Waals surface area contributed by atoms with Crippen molar-refractivity contribution in [1.29, 1.82) is 0 Å². The topological polar surface area (TPSA) is 81.4 Å². The van der Waals surface area contributed by atoms with E-state index in [1.807, 2.05) is 0 Å². The molecule has 2 aromatic rings. The van der Waals surface area contributed by atoms with Crippen molar-refractivity contribution in [2.45, 2.75) is 6.54 Å². The Hall–Kier alpha value is -2.63. The second-order valence-corrected chi connectivity index (χ2v) is 3.53. The molecule has 0 aliphatic carbocycles. The average Bonchev–Trinajstić information content (AvgIpc) is 2.76. The van der Waals surface area contributed by atoms with Gasteiger partial charge in [-0.1, -0.05) is 18.2 Å². The third kappa shape index (κ3) is 2.94. The van der Waals surface area contributed by atoms with Gasteiger partial charge >= 0.3 is 11.9 Å². The van der Waals surface area contributed by atoms with Gasteiger partial charge in [-0.2, -0.15) is 0 Å². The summed E-state index contributed by atoms with van der Waals surface area (Å²) in [6, 6.07) is 8.48. The van der Waals surface area contributed by atoms with Gasteiger partial charge in [-0.3, -0.25) is 4.79 Å². The third-order valence-corrected chi connectivity index (χ3v) is 2.13. The lowest BCUT2D eigenvalue weighted by Crippen LogP contribution is -2.09. The van der Waals surface area contributed by atoms with Crippen LogP contribution in [0.15, 0.2) is 42.9 Å². The van der Waals surface area contributed by atoms with Gasteiger partial charge in [0.2, 0.25) is 5.88 Å². The van der Waals surface area contributed by atoms with E-state index >= 15 is 0 Å². The molecule has 0 unspecified atom stereocenters. The minimum absolute atomic E-state index is 0.0742. The van der Waals surface area contributed by atoms with Crippen LogP contribution in [0.3, 0.4) is 0 Å². The molecule has 6 heteroatoms. The SMILES string of the molecule is O=C(O)Cn1cnc(OC(=O)c2ccccc2)c1. The fraction of sp³-hybridized carbons (Fsp3) is 0.0833. The van der Waals surface area contributed by atoms with E-state index < -0.39 is 11.9 Å². The highest BCUT2D eigenvalue weighted by molar-refractivity contribution is 5.90. The molecular formula is C12H10N2O4. The number of ether oxygens (including phenoxy) is 1. The maximum absolute atomic E-state index is 11.7. The van der Waals surface area contributed by atoms with Gasteiger partial charge in [0.1, 0.15) is 6.54 Å². The number of carboxylic acid groups (broad SMARTS) is 1. The largest absolute Gasteiger partial charge is 0.480 e. The lowest BCUT2D eigenvalue weighted by atomic mass is 10.2. The van der Waals surface area contributed by atoms with Crippen LogP contribution in [0.25, 0.3) is 0 Å². The Morgan fingerprint density at radius 3 is 2.67 bits per heavy atom. The van der Waals surface area contributed by atoms with Crippen LogP contribution in [-0.2, 0) is 11.3 Å². The fourth-order valence-electron chi connectivity index (χ4n) is 1.36. The lowest BCUT2D eigenvalue weighted by Gasteiger charge is -1.99. The summed E-state index contributed by atoms with van der Waals surface area (Å²) in [5.41, 5.74) is 0.408. The minimum atomic E-state index is -0.992. The van der Waals surface area contributed by atoms with Crippen LogP contribution in [0, 0.1) is 0 Å². The summed E-state index contributed by atoms with van der Waals surface area (Å²) in [6.07, 6.45) is 2.65. The summed E-state index contributed by atoms with van der Waals surface area (Å²) in [4.78, 5) is 25.9. The van der Waals surface area contributed by atoms with Crippen LogP contribution in [0.1, 0.15) is 10.4 Å². The smallest absolute Gasteiger partial charge is 0.344 e. The molecule has 0 bridgehead atoms. The zero-order chi connectivity index (χ0) is 13.0. The number of aromatic nitrogens is 2. The average molecular weight is 246 g/mol. The molecule has 0 fully saturated rings. The maximum Gasteiger partial charge on any atom is 0.344 e. The number of benzene rings is 1. The number of carbonyl (C=O) groups is 2. The van der Waals surface area contributed by atoms with Gasteiger partial charge in [0.15, 0.2) is 0 Å². The Morgan fingerprint density at radius 1 is 1.28 bits per heavy atom. The van der Waals surface area contributed by atoms with Gasteiger partial charge in [0.05, 0.1) is 18.1 Å². The van der Waals surface area contributed by atoms with Crippen molar-refractivity contribution in [3.63, 3.8) is 0 Å². The highest BCUT2D eigenvalue weighted by Crippen LogP contribution is 2.09. The summed E-state index contributed by atoms with van der Waals surface area (Å²) in [7, 11) is 0. The second kappa shape index (κ2) is 5.13. The van der Waals surface area contributed by atoms with Crippen molar-refractivity contribution < 1.29 is 19.4 Å². The molecule has 18 heavy (non-hydrogen) atoms. The number of aliphatic carboxylic acids is 1. The number of nitrogens with zero attached hydrogens (tertiary/aromatic N) is 2. The van der Waals surface area contributed by atoms with Crippen molar-refractivity contribution in [3.05, 3.63) is 48.4 Å². The molecule has 0 atom stereocenters. The molecular weight excluding hydrogens is 236 g/mol. The third-order valence-electron chi connectivity index (χ3n) is 2.13. The number of carboxylic acids is 1. The Balaban J connectivity index is 2.04. The van der Waals surface area contributed by atoms with Gasteiger partial charge in [0, 0.05) is 0 Å². The molecule has 0 saturated heterocycles. The number of rotatable bonds is 4. The Labute approximate surface area is 102 Å². The van der Waals surface area contributed by atoms with E-state index in [1.165, 1.54) is 17.1 Å². The first-order valence-electron chi connectivity index (χ1n) is 5.16. The monoisotopic (exact) mass is 246 g/mol. The molecule has 0 aliphatic rings. The summed E-state index contributed by atoms with van der Waals surface area (Å²) >= 11 is 0. The maximum atomic E-state index is 11.7. The van der Waals surface area contributed by atoms with E-state index in [0.717, 1.165) is 0 Å². The zero-order valence-corrected chi connectivity index (χ0v) is 9.31. The van der Waals surface area contributed by atoms with Crippen LogP contribution in [0.4, 0.5) is 0 Å². The minimum Gasteiger partial charge on any atom is -0.480 e. The van der Waals surface area contributed by atoms with Crippen molar-refractivity contribution in [3.8, 4) is 5.88 Å². The van der Waals surface area contributed by atoms with E-state index in [4.69, 9.17) is 9.84 Å². The van der Waals surface area contributed by atoms with Gasteiger partial charge in [0.25, 0.3) is 0 Å². The molecule has 0 amide bonds. The summed E-state index contributed by atoms with van der Waals surface area (Å²) < 4.78 is 6.31. The van der Waals surface area contributed by atoms with Gasteiger partial charge in [-0.25, -0.2) is 9.78 Å². The molecule has 6 nitrogen and oxygen atoms in total. The van der Waals surface area contributed by atoms with E-state index in [2.05, 4.69) is 4.98 Å². The molecule has 1 aromatic heterocycles. The van der Waals surface area contributed by atoms with E-state index in [9.17, 15) is 9.59 Å². The van der Waals surface area contributed by atoms with Gasteiger partial charge in [-0.15, -0.1) is 0 Å². The molecule has 0 aliphatic heterocycles. The van der Waals surface area contributed by atoms with Crippen molar-refractivity contribution >= 4 is 11.9 Å². The zero-order valence-electron chi connectivity index (χ0n) is 9.31. The first kappa shape index (κ1) is 11.8. The first-order chi connectivity index (χ1) is 8.65. The van der Waals surface area contributed by atoms with Gasteiger partial charge < -0.3 is 14.4 Å². The van der Waals surface area contributed by atoms with E-state index in [0.29, 0.717) is 5.56 Å². The Morgan fingerprint density at radius 2 is 2.00 bits per heavy atom. The molecule has 0 saturated carbocycles. The van der Waals surface area contributed by atoms with Crippen molar-refractivity contribution in [1.82, 2.24) is 9.55 Å². The van der Waals surface area contributed by atoms with Crippen LogP contribution >= 0.6 is 0 Å². The van der Waals surface area contributed by atoms with Gasteiger partial charge in [-0.05, 0) is 12.1 Å². The van der Waals surface area contributed by atoms with Crippen molar-refractivity contribution in [2.24, 2.45) is 0 Å². The Bertz CT molecular complexity index is 562. The summed E-state index contributed by atoms with van der Waals surface area (Å²) in [5.74, 6) is -1.45. The highest BCUT2D eigenvalue weighted by atomic mass is 16.5. The number of hydrogen-bond acceptors (Lipinski definition) is 4. The number of carbonyl (C=O) groups excluding carboxylic acids is 1. The molecule has 1 heterocycles. The summed E-state index contributed by atoms with van der Waals surface area (Å²) in [5, 5.41) is 8.58. The van der Waals surface area contributed by atoms with Crippen molar-refractivity contribution in [2.75, 3.05) is 0 Å². The lowest BCUT2D eigenvalue weighted by molar-refractivity contribution is -0.137. The standard InChI is InChI=1S/C12H10N2O4/c15-11(16)7-14-6-10(13-8-14)18-12(17)9-4-2-1-3-5-9/h1-6,8H,7H2,(H,15,16). The highest BCUT2D eigenvalue weighted by Gasteiger charge is 2.10. The van der Waals surface area contributed by atoms with E-state index in [1.54, 1.807) is 30.3 Å². The molecule has 1 N–H and O–H groups in total. The van der Waals surface area contributed by atoms with Crippen LogP contribution in [-0.4, -0.2) is 26.6 Å². The molecule has 0 spiro atoms. The predicted octanol–water partition coefficient (Wildman–Crippen LogP) is 1.19. The second-order valence-electron chi connectivity index (χ2n) is 3.53.